The smallest absolute Gasteiger partial charge is 0.326 e. The maximum Gasteiger partial charge on any atom is 0.326 e. The summed E-state index contributed by atoms with van der Waals surface area (Å²) in [4.78, 5) is 12.0. The summed E-state index contributed by atoms with van der Waals surface area (Å²) in [6.45, 7) is 6.04. The molecule has 0 amide bonds. The summed E-state index contributed by atoms with van der Waals surface area (Å²) < 4.78 is 5.59. The van der Waals surface area contributed by atoms with Crippen LogP contribution in [0.5, 0.6) is 0 Å². The van der Waals surface area contributed by atoms with E-state index in [2.05, 4.69) is 6.92 Å². The van der Waals surface area contributed by atoms with Crippen LogP contribution in [0.1, 0.15) is 59.3 Å². The second-order valence-corrected chi connectivity index (χ2v) is 5.07. The fourth-order valence-electron chi connectivity index (χ4n) is 2.25. The Kier molecular flexibility index (Phi) is 4.78. The van der Waals surface area contributed by atoms with Crippen LogP contribution in [0.4, 0.5) is 0 Å². The number of esters is 1. The van der Waals surface area contributed by atoms with Crippen molar-refractivity contribution in [1.82, 2.24) is 0 Å². The van der Waals surface area contributed by atoms with Crippen molar-refractivity contribution < 1.29 is 9.53 Å². The first-order valence-electron chi connectivity index (χ1n) is 6.53. The van der Waals surface area contributed by atoms with Gasteiger partial charge in [0.1, 0.15) is 11.6 Å². The van der Waals surface area contributed by atoms with E-state index < -0.39 is 5.54 Å². The van der Waals surface area contributed by atoms with Crippen molar-refractivity contribution in [2.45, 2.75) is 70.9 Å². The molecule has 1 aliphatic rings. The molecule has 16 heavy (non-hydrogen) atoms. The molecule has 3 heteroatoms. The molecular weight excluding hydrogens is 202 g/mol. The first-order valence-corrected chi connectivity index (χ1v) is 6.53. The quantitative estimate of drug-likeness (QED) is 0.751. The maximum absolute atomic E-state index is 12.0. The third-order valence-electron chi connectivity index (χ3n) is 3.96. The highest BCUT2D eigenvalue weighted by Crippen LogP contribution is 2.28. The van der Waals surface area contributed by atoms with Gasteiger partial charge in [-0.2, -0.15) is 0 Å². The molecule has 2 atom stereocenters. The first kappa shape index (κ1) is 13.5. The second-order valence-electron chi connectivity index (χ2n) is 5.07. The minimum atomic E-state index is -0.781. The Labute approximate surface area is 98.7 Å². The Morgan fingerprint density at radius 1 is 1.31 bits per heavy atom. The number of ether oxygens (including phenoxy) is 1. The summed E-state index contributed by atoms with van der Waals surface area (Å²) in [6.07, 6.45) is 5.95. The normalized spacial score (nSPS) is 26.5. The van der Waals surface area contributed by atoms with Gasteiger partial charge in [-0.25, -0.2) is 0 Å². The van der Waals surface area contributed by atoms with Gasteiger partial charge in [0, 0.05) is 0 Å². The van der Waals surface area contributed by atoms with Crippen molar-refractivity contribution >= 4 is 5.97 Å². The van der Waals surface area contributed by atoms with Gasteiger partial charge < -0.3 is 10.5 Å². The molecule has 0 spiro atoms. The third kappa shape index (κ3) is 2.97. The summed E-state index contributed by atoms with van der Waals surface area (Å²) >= 11 is 0. The van der Waals surface area contributed by atoms with E-state index >= 15 is 0 Å². The van der Waals surface area contributed by atoms with Crippen LogP contribution < -0.4 is 5.73 Å². The highest BCUT2D eigenvalue weighted by molar-refractivity contribution is 5.80. The zero-order valence-electron chi connectivity index (χ0n) is 10.8. The minimum absolute atomic E-state index is 0.0854. The summed E-state index contributed by atoms with van der Waals surface area (Å²) in [5.74, 6) is 0.270. The molecular formula is C13H25NO2. The average molecular weight is 227 g/mol. The van der Waals surface area contributed by atoms with Crippen LogP contribution in [0.3, 0.4) is 0 Å². The zero-order valence-corrected chi connectivity index (χ0v) is 10.8. The molecule has 0 aromatic carbocycles. The van der Waals surface area contributed by atoms with E-state index in [-0.39, 0.29) is 12.1 Å². The summed E-state index contributed by atoms with van der Waals surface area (Å²) in [7, 11) is 0. The lowest BCUT2D eigenvalue weighted by molar-refractivity contribution is -0.160. The average Bonchev–Trinajstić information content (AvgIpc) is 2.31. The Morgan fingerprint density at radius 3 is 2.38 bits per heavy atom. The molecule has 0 aliphatic heterocycles. The number of nitrogens with two attached hydrogens (primary N) is 1. The molecule has 2 N–H and O–H groups in total. The van der Waals surface area contributed by atoms with E-state index in [9.17, 15) is 4.79 Å². The van der Waals surface area contributed by atoms with Crippen LogP contribution in [0, 0.1) is 5.92 Å². The predicted molar refractivity (Wildman–Crippen MR) is 65.0 cm³/mol. The maximum atomic E-state index is 12.0. The highest BCUT2D eigenvalue weighted by Gasteiger charge is 2.35. The SMILES string of the molecule is CCC(N)(CC)C(=O)OC1CCCCC1C. The Hall–Kier alpha value is -0.570. The van der Waals surface area contributed by atoms with Crippen molar-refractivity contribution in [3.8, 4) is 0 Å². The molecule has 1 saturated carbocycles. The van der Waals surface area contributed by atoms with Gasteiger partial charge in [0.05, 0.1) is 0 Å². The molecule has 1 aliphatic carbocycles. The fourth-order valence-corrected chi connectivity index (χ4v) is 2.25. The lowest BCUT2D eigenvalue weighted by Crippen LogP contribution is -2.49. The van der Waals surface area contributed by atoms with Crippen LogP contribution in [0.15, 0.2) is 0 Å². The molecule has 0 heterocycles. The number of carbonyl (C=O) groups is 1. The van der Waals surface area contributed by atoms with Gasteiger partial charge in [-0.3, -0.25) is 4.79 Å². The summed E-state index contributed by atoms with van der Waals surface area (Å²) in [6, 6.07) is 0. The summed E-state index contributed by atoms with van der Waals surface area (Å²) in [5.41, 5.74) is 5.25. The molecule has 0 radical (unpaired) electrons. The lowest BCUT2D eigenvalue weighted by atomic mass is 9.87. The highest BCUT2D eigenvalue weighted by atomic mass is 16.5. The lowest BCUT2D eigenvalue weighted by Gasteiger charge is -2.32. The summed E-state index contributed by atoms with van der Waals surface area (Å²) in [5, 5.41) is 0. The van der Waals surface area contributed by atoms with Crippen molar-refractivity contribution in [1.29, 1.82) is 0 Å². The van der Waals surface area contributed by atoms with Crippen LogP contribution in [-0.2, 0) is 9.53 Å². The van der Waals surface area contributed by atoms with E-state index in [0.717, 1.165) is 19.3 Å². The standard InChI is InChI=1S/C13H25NO2/c1-4-13(14,5-2)12(15)16-11-9-7-6-8-10(11)3/h10-11H,4-9,14H2,1-3H3. The van der Waals surface area contributed by atoms with Crippen molar-refractivity contribution in [2.75, 3.05) is 0 Å². The van der Waals surface area contributed by atoms with Crippen molar-refractivity contribution in [3.05, 3.63) is 0 Å². The minimum Gasteiger partial charge on any atom is -0.461 e. The predicted octanol–water partition coefficient (Wildman–Crippen LogP) is 2.63. The Morgan fingerprint density at radius 2 is 1.88 bits per heavy atom. The monoisotopic (exact) mass is 227 g/mol. The largest absolute Gasteiger partial charge is 0.461 e. The van der Waals surface area contributed by atoms with Gasteiger partial charge in [-0.05, 0) is 38.0 Å². The van der Waals surface area contributed by atoms with E-state index in [1.54, 1.807) is 0 Å². The van der Waals surface area contributed by atoms with Gasteiger partial charge in [-0.15, -0.1) is 0 Å². The van der Waals surface area contributed by atoms with E-state index in [0.29, 0.717) is 18.8 Å². The molecule has 2 unspecified atom stereocenters. The molecule has 1 rings (SSSR count). The van der Waals surface area contributed by atoms with Gasteiger partial charge in [0.2, 0.25) is 0 Å². The van der Waals surface area contributed by atoms with E-state index in [1.807, 2.05) is 13.8 Å². The van der Waals surface area contributed by atoms with Crippen LogP contribution in [-0.4, -0.2) is 17.6 Å². The van der Waals surface area contributed by atoms with E-state index in [1.165, 1.54) is 6.42 Å². The molecule has 0 saturated heterocycles. The molecule has 0 aromatic rings. The molecule has 3 nitrogen and oxygen atoms in total. The van der Waals surface area contributed by atoms with Crippen LogP contribution in [0.2, 0.25) is 0 Å². The number of rotatable bonds is 4. The van der Waals surface area contributed by atoms with Crippen LogP contribution >= 0.6 is 0 Å². The zero-order chi connectivity index (χ0) is 12.2. The van der Waals surface area contributed by atoms with E-state index in [4.69, 9.17) is 10.5 Å². The molecule has 0 bridgehead atoms. The number of hydrogen-bond acceptors (Lipinski definition) is 3. The van der Waals surface area contributed by atoms with Crippen molar-refractivity contribution in [3.63, 3.8) is 0 Å². The topological polar surface area (TPSA) is 52.3 Å². The number of carbonyl (C=O) groups excluding carboxylic acids is 1. The molecule has 1 fully saturated rings. The van der Waals surface area contributed by atoms with Crippen molar-refractivity contribution in [2.24, 2.45) is 11.7 Å². The van der Waals surface area contributed by atoms with Gasteiger partial charge in [0.25, 0.3) is 0 Å². The number of hydrogen-bond donors (Lipinski definition) is 1. The van der Waals surface area contributed by atoms with Gasteiger partial charge in [0.15, 0.2) is 0 Å². The molecule has 0 aromatic heterocycles. The third-order valence-corrected chi connectivity index (χ3v) is 3.96. The Bertz CT molecular complexity index is 236. The molecule has 94 valence electrons. The van der Waals surface area contributed by atoms with Crippen LogP contribution in [0.25, 0.3) is 0 Å². The Balaban J connectivity index is 2.55. The van der Waals surface area contributed by atoms with Gasteiger partial charge >= 0.3 is 5.97 Å². The second kappa shape index (κ2) is 5.67. The fraction of sp³-hybridized carbons (Fsp3) is 0.923. The first-order chi connectivity index (χ1) is 7.53. The van der Waals surface area contributed by atoms with Gasteiger partial charge in [-0.1, -0.05) is 27.2 Å².